The number of rotatable bonds is 5. The largest absolute Gasteiger partial charge is 0.462 e. The van der Waals surface area contributed by atoms with Gasteiger partial charge < -0.3 is 28.8 Å². The van der Waals surface area contributed by atoms with Gasteiger partial charge in [-0.05, 0) is 46.1 Å². The fourth-order valence-electron chi connectivity index (χ4n) is 7.06. The summed E-state index contributed by atoms with van der Waals surface area (Å²) in [6.45, 7) is 11.5. The zero-order valence-corrected chi connectivity index (χ0v) is 23.3. The normalized spacial score (nSPS) is 45.2. The van der Waals surface area contributed by atoms with Crippen LogP contribution in [0.1, 0.15) is 80.6 Å². The third kappa shape index (κ3) is 4.53. The van der Waals surface area contributed by atoms with Crippen molar-refractivity contribution in [3.05, 3.63) is 11.6 Å². The zero-order chi connectivity index (χ0) is 28.2. The van der Waals surface area contributed by atoms with Crippen LogP contribution >= 0.6 is 0 Å². The van der Waals surface area contributed by atoms with E-state index in [4.69, 9.17) is 23.7 Å². The summed E-state index contributed by atoms with van der Waals surface area (Å²) in [4.78, 5) is 50.6. The van der Waals surface area contributed by atoms with Gasteiger partial charge in [0, 0.05) is 32.6 Å². The van der Waals surface area contributed by atoms with E-state index in [-0.39, 0.29) is 12.5 Å². The number of carbonyl (C=O) groups excluding carboxylic acids is 4. The maximum absolute atomic E-state index is 12.9. The third-order valence-electron chi connectivity index (χ3n) is 9.15. The number of ether oxygens (including phenoxy) is 5. The van der Waals surface area contributed by atoms with Gasteiger partial charge in [-0.25, -0.2) is 0 Å². The third-order valence-corrected chi connectivity index (χ3v) is 9.15. The maximum atomic E-state index is 12.9. The first-order valence-electron chi connectivity index (χ1n) is 13.5. The zero-order valence-electron chi connectivity index (χ0n) is 23.3. The lowest BCUT2D eigenvalue weighted by molar-refractivity contribution is -0.234. The van der Waals surface area contributed by atoms with Crippen molar-refractivity contribution in [2.45, 2.75) is 122 Å². The lowest BCUT2D eigenvalue weighted by Crippen LogP contribution is -2.69. The summed E-state index contributed by atoms with van der Waals surface area (Å²) >= 11 is 0. The maximum Gasteiger partial charge on any atom is 0.312 e. The summed E-state index contributed by atoms with van der Waals surface area (Å²) < 4.78 is 29.8. The fourth-order valence-corrected chi connectivity index (χ4v) is 7.06. The van der Waals surface area contributed by atoms with E-state index in [1.807, 2.05) is 27.7 Å². The molecule has 0 aromatic carbocycles. The molecule has 2 aliphatic carbocycles. The monoisotopic (exact) mass is 536 g/mol. The highest BCUT2D eigenvalue weighted by atomic mass is 16.6. The molecule has 2 aliphatic heterocycles. The van der Waals surface area contributed by atoms with Gasteiger partial charge in [0.05, 0.1) is 23.0 Å². The molecule has 0 spiro atoms. The van der Waals surface area contributed by atoms with Gasteiger partial charge in [-0.15, -0.1) is 0 Å². The molecule has 3 fully saturated rings. The van der Waals surface area contributed by atoms with E-state index in [1.165, 1.54) is 13.8 Å². The molecule has 10 heteroatoms. The Balaban J connectivity index is 1.98. The van der Waals surface area contributed by atoms with E-state index in [0.717, 1.165) is 5.57 Å². The lowest BCUT2D eigenvalue weighted by Gasteiger charge is -2.55. The Bertz CT molecular complexity index is 1040. The highest BCUT2D eigenvalue weighted by molar-refractivity contribution is 5.78. The van der Waals surface area contributed by atoms with Crippen molar-refractivity contribution in [3.63, 3.8) is 0 Å². The van der Waals surface area contributed by atoms with Gasteiger partial charge in [0.15, 0.2) is 11.7 Å². The van der Waals surface area contributed by atoms with Crippen LogP contribution in [0.25, 0.3) is 0 Å². The molecular formula is C28H40O10. The standard InChI is InChI=1S/C28H40O10/c1-8-9-22(31)36-18-11-10-14(2)12-21-28(33,15(3)25(32)37-21)24(35-17(5)30)23-26(18,6)19(34-16(4)29)13-20-27(23,7)38-20/h12,15,18-21,23-24,33H,8-11,13H2,1-7H3/b14-12-/t15-,18+,19-,20+,21-,23+,24+,26-,27+,28-/m0/s1. The second-order valence-corrected chi connectivity index (χ2v) is 11.7. The number of allylic oxidation sites excluding steroid dienone is 1. The number of hydrogen-bond donors (Lipinski definition) is 1. The topological polar surface area (TPSA) is 138 Å². The number of aliphatic hydroxyl groups is 1. The minimum Gasteiger partial charge on any atom is -0.462 e. The van der Waals surface area contributed by atoms with Crippen LogP contribution in [0.2, 0.25) is 0 Å². The van der Waals surface area contributed by atoms with Crippen LogP contribution in [0.3, 0.4) is 0 Å². The average Bonchev–Trinajstić information content (AvgIpc) is 3.42. The average molecular weight is 537 g/mol. The number of epoxide rings is 1. The van der Waals surface area contributed by atoms with Crippen molar-refractivity contribution >= 4 is 23.9 Å². The van der Waals surface area contributed by atoms with E-state index in [9.17, 15) is 24.3 Å². The summed E-state index contributed by atoms with van der Waals surface area (Å²) in [6, 6.07) is 0. The molecule has 0 amide bonds. The predicted octanol–water partition coefficient (Wildman–Crippen LogP) is 2.78. The molecule has 0 bridgehead atoms. The molecule has 0 aromatic heterocycles. The molecule has 10 nitrogen and oxygen atoms in total. The van der Waals surface area contributed by atoms with E-state index in [2.05, 4.69) is 0 Å². The van der Waals surface area contributed by atoms with Crippen molar-refractivity contribution in [2.75, 3.05) is 0 Å². The SMILES string of the molecule is CCCC(=O)O[C@@H]1CC/C(C)=C\[C@@H]2OC(=O)[C@H](C)[C@@]2(O)[C@H](OC(C)=O)[C@H]2[C@]3(C)O[C@@H]3C[C@H](OC(C)=O)[C@]12C. The Labute approximate surface area is 223 Å². The highest BCUT2D eigenvalue weighted by Gasteiger charge is 2.77. The highest BCUT2D eigenvalue weighted by Crippen LogP contribution is 2.64. The van der Waals surface area contributed by atoms with Gasteiger partial charge in [0.2, 0.25) is 0 Å². The van der Waals surface area contributed by atoms with E-state index in [0.29, 0.717) is 25.7 Å². The first-order chi connectivity index (χ1) is 17.7. The van der Waals surface area contributed by atoms with Crippen LogP contribution in [-0.4, -0.2) is 70.7 Å². The summed E-state index contributed by atoms with van der Waals surface area (Å²) in [5.74, 6) is -4.05. The van der Waals surface area contributed by atoms with Crippen molar-refractivity contribution < 1.29 is 48.0 Å². The summed E-state index contributed by atoms with van der Waals surface area (Å²) in [5.41, 5.74) is -3.21. The Hall–Kier alpha value is -2.46. The quantitative estimate of drug-likeness (QED) is 0.242. The molecule has 212 valence electrons. The van der Waals surface area contributed by atoms with Gasteiger partial charge >= 0.3 is 23.9 Å². The molecule has 1 saturated carbocycles. The first kappa shape index (κ1) is 28.5. The van der Waals surface area contributed by atoms with Crippen LogP contribution in [-0.2, 0) is 42.9 Å². The molecule has 38 heavy (non-hydrogen) atoms. The number of carbonyl (C=O) groups is 4. The fraction of sp³-hybridized carbons (Fsp3) is 0.786. The van der Waals surface area contributed by atoms with Gasteiger partial charge in [0.25, 0.3) is 0 Å². The number of hydrogen-bond acceptors (Lipinski definition) is 10. The van der Waals surface area contributed by atoms with Crippen molar-refractivity contribution in [1.29, 1.82) is 0 Å². The van der Waals surface area contributed by atoms with Gasteiger partial charge in [-0.1, -0.05) is 19.4 Å². The van der Waals surface area contributed by atoms with Crippen molar-refractivity contribution in [1.82, 2.24) is 0 Å². The molecule has 2 saturated heterocycles. The number of esters is 4. The molecule has 1 N–H and O–H groups in total. The van der Waals surface area contributed by atoms with E-state index < -0.39 is 76.7 Å². The van der Waals surface area contributed by atoms with Crippen LogP contribution in [0.5, 0.6) is 0 Å². The Morgan fingerprint density at radius 1 is 1.11 bits per heavy atom. The first-order valence-corrected chi connectivity index (χ1v) is 13.5. The molecule has 0 aromatic rings. The van der Waals surface area contributed by atoms with Crippen LogP contribution in [0, 0.1) is 17.3 Å². The molecule has 4 aliphatic rings. The molecule has 0 unspecified atom stereocenters. The minimum atomic E-state index is -1.96. The van der Waals surface area contributed by atoms with Crippen LogP contribution < -0.4 is 0 Å². The molecule has 10 atom stereocenters. The second kappa shape index (κ2) is 9.93. The Morgan fingerprint density at radius 3 is 2.37 bits per heavy atom. The summed E-state index contributed by atoms with van der Waals surface area (Å²) in [6.07, 6.45) is -0.603. The second-order valence-electron chi connectivity index (χ2n) is 11.7. The smallest absolute Gasteiger partial charge is 0.312 e. The summed E-state index contributed by atoms with van der Waals surface area (Å²) in [5, 5.41) is 12.4. The van der Waals surface area contributed by atoms with Crippen LogP contribution in [0.4, 0.5) is 0 Å². The molecular weight excluding hydrogens is 496 g/mol. The van der Waals surface area contributed by atoms with Crippen molar-refractivity contribution in [3.8, 4) is 0 Å². The summed E-state index contributed by atoms with van der Waals surface area (Å²) in [7, 11) is 0. The van der Waals surface area contributed by atoms with Gasteiger partial charge in [0.1, 0.15) is 18.3 Å². The Kier molecular flexibility index (Phi) is 7.46. The van der Waals surface area contributed by atoms with Gasteiger partial charge in [-0.2, -0.15) is 0 Å². The molecule has 0 radical (unpaired) electrons. The van der Waals surface area contributed by atoms with Crippen molar-refractivity contribution in [2.24, 2.45) is 17.3 Å². The number of fused-ring (bicyclic) bond motifs is 4. The van der Waals surface area contributed by atoms with E-state index >= 15 is 0 Å². The lowest BCUT2D eigenvalue weighted by atomic mass is 9.53. The van der Waals surface area contributed by atoms with Crippen LogP contribution in [0.15, 0.2) is 11.6 Å². The predicted molar refractivity (Wildman–Crippen MR) is 132 cm³/mol. The Morgan fingerprint density at radius 2 is 1.76 bits per heavy atom. The molecule has 2 heterocycles. The van der Waals surface area contributed by atoms with E-state index in [1.54, 1.807) is 13.0 Å². The molecule has 4 rings (SSSR count). The van der Waals surface area contributed by atoms with Gasteiger partial charge in [-0.3, -0.25) is 19.2 Å². The minimum absolute atomic E-state index is 0.208.